The molecule has 4 heterocycles. The normalized spacial score (nSPS) is 16.4. The van der Waals surface area contributed by atoms with Crippen LogP contribution in [0.3, 0.4) is 0 Å². The van der Waals surface area contributed by atoms with E-state index in [1.54, 1.807) is 6.07 Å². The van der Waals surface area contributed by atoms with E-state index in [0.29, 0.717) is 36.8 Å². The molecular weight excluding hydrogens is 418 g/mol. The molecule has 1 amide bonds. The first kappa shape index (κ1) is 21.4. The number of nitrogens with zero attached hydrogens (tertiary/aromatic N) is 4. The lowest BCUT2D eigenvalue weighted by atomic mass is 9.95. The smallest absolute Gasteiger partial charge is 0.329 e. The zero-order valence-corrected chi connectivity index (χ0v) is 18.9. The molecule has 2 aliphatic rings. The summed E-state index contributed by atoms with van der Waals surface area (Å²) in [5, 5.41) is 0.275. The Bertz CT molecular complexity index is 1300. The molecule has 33 heavy (non-hydrogen) atoms. The maximum atomic E-state index is 13.1. The first-order valence-electron chi connectivity index (χ1n) is 11.8. The van der Waals surface area contributed by atoms with Gasteiger partial charge in [0.05, 0.1) is 10.9 Å². The fraction of sp³-hybridized carbons (Fsp3) is 0.440. The van der Waals surface area contributed by atoms with Crippen molar-refractivity contribution in [1.82, 2.24) is 19.4 Å². The molecule has 0 spiro atoms. The Morgan fingerprint density at radius 2 is 1.94 bits per heavy atom. The molecule has 8 heteroatoms. The van der Waals surface area contributed by atoms with Crippen LogP contribution in [-0.2, 0) is 13.0 Å². The van der Waals surface area contributed by atoms with Crippen molar-refractivity contribution in [1.29, 1.82) is 0 Å². The lowest BCUT2D eigenvalue weighted by molar-refractivity contribution is 0.0692. The van der Waals surface area contributed by atoms with Gasteiger partial charge >= 0.3 is 5.69 Å². The summed E-state index contributed by atoms with van der Waals surface area (Å²) in [5.74, 6) is 0.447. The number of fused-ring (bicyclic) bond motifs is 2. The summed E-state index contributed by atoms with van der Waals surface area (Å²) in [6.07, 6.45) is 5.25. The molecule has 2 aromatic heterocycles. The summed E-state index contributed by atoms with van der Waals surface area (Å²) in [4.78, 5) is 48.6. The van der Waals surface area contributed by atoms with Gasteiger partial charge in [0, 0.05) is 44.6 Å². The molecule has 0 aliphatic carbocycles. The standard InChI is InChI=1S/C25H29N5O3/c1-2-10-30-22-20(23(31)27-25(30)33)14-19(15-26-22)24(32)28-11-7-17(8-12-28)16-29-13-9-18-5-3-4-6-21(18)29/h3-6,14-15,17H,2,7-13,16H2,1H3,(H,27,31,33). The summed E-state index contributed by atoms with van der Waals surface area (Å²) in [6, 6.07) is 10.2. The van der Waals surface area contributed by atoms with Gasteiger partial charge in [0.2, 0.25) is 0 Å². The van der Waals surface area contributed by atoms with Gasteiger partial charge in [-0.1, -0.05) is 25.1 Å². The number of aromatic nitrogens is 3. The van der Waals surface area contributed by atoms with Gasteiger partial charge in [-0.05, 0) is 49.3 Å². The predicted octanol–water partition coefficient (Wildman–Crippen LogP) is 2.41. The molecule has 0 unspecified atom stereocenters. The third-order valence-corrected chi connectivity index (χ3v) is 6.89. The number of hydrogen-bond donors (Lipinski definition) is 1. The van der Waals surface area contributed by atoms with Gasteiger partial charge in [0.25, 0.3) is 11.5 Å². The van der Waals surface area contributed by atoms with E-state index < -0.39 is 11.2 Å². The Balaban J connectivity index is 1.27. The average molecular weight is 448 g/mol. The van der Waals surface area contributed by atoms with E-state index in [4.69, 9.17) is 0 Å². The highest BCUT2D eigenvalue weighted by atomic mass is 16.2. The number of aromatic amines is 1. The molecule has 1 saturated heterocycles. The molecule has 0 bridgehead atoms. The van der Waals surface area contributed by atoms with Crippen LogP contribution in [-0.4, -0.2) is 51.5 Å². The van der Waals surface area contributed by atoms with E-state index in [0.717, 1.165) is 38.8 Å². The highest BCUT2D eigenvalue weighted by Crippen LogP contribution is 2.30. The quantitative estimate of drug-likeness (QED) is 0.649. The minimum atomic E-state index is -0.505. The first-order valence-corrected chi connectivity index (χ1v) is 11.8. The van der Waals surface area contributed by atoms with Gasteiger partial charge < -0.3 is 9.80 Å². The van der Waals surface area contributed by atoms with E-state index in [1.807, 2.05) is 11.8 Å². The lowest BCUT2D eigenvalue weighted by Gasteiger charge is -2.34. The second-order valence-electron chi connectivity index (χ2n) is 9.07. The van der Waals surface area contributed by atoms with E-state index in [1.165, 1.54) is 22.0 Å². The number of carbonyl (C=O) groups is 1. The van der Waals surface area contributed by atoms with Gasteiger partial charge in [-0.2, -0.15) is 0 Å². The molecule has 8 nitrogen and oxygen atoms in total. The SMILES string of the molecule is CCCn1c(=O)[nH]c(=O)c2cc(C(=O)N3CCC(CN4CCc5ccccc54)CC3)cnc21. The van der Waals surface area contributed by atoms with Gasteiger partial charge in [-0.15, -0.1) is 0 Å². The minimum Gasteiger partial charge on any atom is -0.371 e. The topological polar surface area (TPSA) is 91.3 Å². The summed E-state index contributed by atoms with van der Waals surface area (Å²) >= 11 is 0. The number of carbonyl (C=O) groups excluding carboxylic acids is 1. The molecule has 0 radical (unpaired) electrons. The predicted molar refractivity (Wildman–Crippen MR) is 128 cm³/mol. The number of pyridine rings is 1. The average Bonchev–Trinajstić information content (AvgIpc) is 3.24. The van der Waals surface area contributed by atoms with Crippen molar-refractivity contribution in [2.24, 2.45) is 5.92 Å². The first-order chi connectivity index (χ1) is 16.0. The number of likely N-dealkylation sites (tertiary alicyclic amines) is 1. The summed E-state index contributed by atoms with van der Waals surface area (Å²) in [5.41, 5.74) is 2.52. The molecule has 3 aromatic rings. The van der Waals surface area contributed by atoms with E-state index in [9.17, 15) is 14.4 Å². The van der Waals surface area contributed by atoms with Crippen LogP contribution in [0.4, 0.5) is 5.69 Å². The molecule has 1 N–H and O–H groups in total. The number of hydrogen-bond acceptors (Lipinski definition) is 5. The zero-order chi connectivity index (χ0) is 22.9. The second kappa shape index (κ2) is 8.84. The monoisotopic (exact) mass is 447 g/mol. The fourth-order valence-corrected chi connectivity index (χ4v) is 5.12. The van der Waals surface area contributed by atoms with Crippen LogP contribution in [0, 0.1) is 5.92 Å². The number of anilines is 1. The van der Waals surface area contributed by atoms with Crippen LogP contribution in [0.1, 0.15) is 42.1 Å². The van der Waals surface area contributed by atoms with Crippen molar-refractivity contribution in [3.63, 3.8) is 0 Å². The number of aryl methyl sites for hydroxylation is 1. The van der Waals surface area contributed by atoms with E-state index >= 15 is 0 Å². The third-order valence-electron chi connectivity index (χ3n) is 6.89. The molecule has 0 saturated carbocycles. The number of benzene rings is 1. The zero-order valence-electron chi connectivity index (χ0n) is 18.9. The second-order valence-corrected chi connectivity index (χ2v) is 9.07. The molecule has 2 aliphatic heterocycles. The van der Waals surface area contributed by atoms with E-state index in [-0.39, 0.29) is 11.3 Å². The molecule has 172 valence electrons. The van der Waals surface area contributed by atoms with Gasteiger partial charge in [-0.25, -0.2) is 9.78 Å². The molecule has 1 aromatic carbocycles. The summed E-state index contributed by atoms with van der Waals surface area (Å²) < 4.78 is 1.45. The van der Waals surface area contributed by atoms with Crippen molar-refractivity contribution >= 4 is 22.6 Å². The maximum Gasteiger partial charge on any atom is 0.329 e. The fourth-order valence-electron chi connectivity index (χ4n) is 5.12. The van der Waals surface area contributed by atoms with Crippen molar-refractivity contribution in [2.75, 3.05) is 31.1 Å². The van der Waals surface area contributed by atoms with Crippen molar-refractivity contribution in [3.05, 3.63) is 68.5 Å². The van der Waals surface area contributed by atoms with Crippen LogP contribution in [0.2, 0.25) is 0 Å². The van der Waals surface area contributed by atoms with Crippen molar-refractivity contribution in [3.8, 4) is 0 Å². The number of rotatable bonds is 5. The Hall–Kier alpha value is -3.42. The summed E-state index contributed by atoms with van der Waals surface area (Å²) in [6.45, 7) is 5.90. The molecular formula is C25H29N5O3. The van der Waals surface area contributed by atoms with Crippen LogP contribution >= 0.6 is 0 Å². The van der Waals surface area contributed by atoms with Crippen LogP contribution in [0.15, 0.2) is 46.1 Å². The minimum absolute atomic E-state index is 0.109. The molecule has 1 fully saturated rings. The Kier molecular flexibility index (Phi) is 5.74. The maximum absolute atomic E-state index is 13.1. The number of H-pyrrole nitrogens is 1. The third kappa shape index (κ3) is 4.05. The number of piperidine rings is 1. The van der Waals surface area contributed by atoms with Gasteiger partial charge in [0.1, 0.15) is 5.65 Å². The summed E-state index contributed by atoms with van der Waals surface area (Å²) in [7, 11) is 0. The van der Waals surface area contributed by atoms with Crippen molar-refractivity contribution < 1.29 is 4.79 Å². The molecule has 5 rings (SSSR count). The van der Waals surface area contributed by atoms with E-state index in [2.05, 4.69) is 39.1 Å². The van der Waals surface area contributed by atoms with Gasteiger partial charge in [0.15, 0.2) is 0 Å². The van der Waals surface area contributed by atoms with Gasteiger partial charge in [-0.3, -0.25) is 19.1 Å². The molecule has 0 atom stereocenters. The number of nitrogens with one attached hydrogen (secondary N) is 1. The Morgan fingerprint density at radius 3 is 2.73 bits per heavy atom. The van der Waals surface area contributed by atoms with Crippen molar-refractivity contribution in [2.45, 2.75) is 39.2 Å². The Morgan fingerprint density at radius 1 is 1.15 bits per heavy atom. The van der Waals surface area contributed by atoms with Crippen LogP contribution < -0.4 is 16.1 Å². The highest BCUT2D eigenvalue weighted by Gasteiger charge is 2.27. The Labute approximate surface area is 191 Å². The lowest BCUT2D eigenvalue weighted by Crippen LogP contribution is -2.41. The highest BCUT2D eigenvalue weighted by molar-refractivity contribution is 5.96. The number of para-hydroxylation sites is 1. The number of amides is 1. The largest absolute Gasteiger partial charge is 0.371 e. The van der Waals surface area contributed by atoms with Crippen LogP contribution in [0.25, 0.3) is 11.0 Å². The van der Waals surface area contributed by atoms with Crippen LogP contribution in [0.5, 0.6) is 0 Å².